The van der Waals surface area contributed by atoms with Crippen molar-refractivity contribution in [1.29, 1.82) is 0 Å². The van der Waals surface area contributed by atoms with Gasteiger partial charge in [0.25, 0.3) is 5.91 Å². The molecule has 0 unspecified atom stereocenters. The van der Waals surface area contributed by atoms with E-state index in [0.717, 1.165) is 8.95 Å². The summed E-state index contributed by atoms with van der Waals surface area (Å²) in [5.41, 5.74) is 6.46. The molecule has 2 aromatic rings. The lowest BCUT2D eigenvalue weighted by Gasteiger charge is -2.08. The Kier molecular flexibility index (Phi) is 4.66. The number of nitrogens with zero attached hydrogens (tertiary/aromatic N) is 2. The molecule has 106 valence electrons. The molecule has 1 amide bonds. The van der Waals surface area contributed by atoms with Crippen LogP contribution in [0.15, 0.2) is 27.1 Å². The van der Waals surface area contributed by atoms with Gasteiger partial charge in [0.1, 0.15) is 10.7 Å². The molecule has 0 radical (unpaired) electrons. The Morgan fingerprint density at radius 2 is 1.95 bits per heavy atom. The third-order valence-corrected chi connectivity index (χ3v) is 4.99. The average Bonchev–Trinajstić information content (AvgIpc) is 2.76. The number of hydrogen-bond donors (Lipinski definition) is 2. The van der Waals surface area contributed by atoms with E-state index < -0.39 is 0 Å². The number of para-hydroxylation sites is 1. The molecule has 1 aromatic heterocycles. The summed E-state index contributed by atoms with van der Waals surface area (Å²) >= 11 is 8.05. The third-order valence-electron chi connectivity index (χ3n) is 2.43. The van der Waals surface area contributed by atoms with Crippen molar-refractivity contribution >= 4 is 65.7 Å². The Morgan fingerprint density at radius 1 is 1.35 bits per heavy atom. The van der Waals surface area contributed by atoms with E-state index in [2.05, 4.69) is 42.2 Å². The lowest BCUT2D eigenvalue weighted by Crippen LogP contribution is -2.13. The van der Waals surface area contributed by atoms with E-state index in [9.17, 15) is 4.79 Å². The van der Waals surface area contributed by atoms with Gasteiger partial charge in [0.2, 0.25) is 0 Å². The van der Waals surface area contributed by atoms with Crippen LogP contribution in [0.3, 0.4) is 0 Å². The standard InChI is InChI=1S/C12H12Br2N4OS/c1-18(2)12-17-10(15)9(20-12)11(19)16-8-6(13)4-3-5-7(8)14/h3-5H,15H2,1-2H3,(H,16,19). The van der Waals surface area contributed by atoms with Gasteiger partial charge in [0.15, 0.2) is 5.13 Å². The molecular formula is C12H12Br2N4OS. The first-order chi connectivity index (χ1) is 9.40. The van der Waals surface area contributed by atoms with E-state index in [1.807, 2.05) is 37.2 Å². The molecule has 0 aliphatic rings. The van der Waals surface area contributed by atoms with Crippen LogP contribution in [0.25, 0.3) is 0 Å². The molecule has 0 saturated carbocycles. The lowest BCUT2D eigenvalue weighted by atomic mass is 10.3. The second-order valence-electron chi connectivity index (χ2n) is 4.16. The van der Waals surface area contributed by atoms with Gasteiger partial charge >= 0.3 is 0 Å². The Morgan fingerprint density at radius 3 is 2.45 bits per heavy atom. The molecule has 0 spiro atoms. The molecule has 5 nitrogen and oxygen atoms in total. The van der Waals surface area contributed by atoms with Gasteiger partial charge in [0.05, 0.1) is 5.69 Å². The number of nitrogens with one attached hydrogen (secondary N) is 1. The van der Waals surface area contributed by atoms with Gasteiger partial charge in [-0.25, -0.2) is 4.98 Å². The predicted octanol–water partition coefficient (Wildman–Crippen LogP) is 3.57. The smallest absolute Gasteiger partial charge is 0.269 e. The van der Waals surface area contributed by atoms with Crippen LogP contribution in [0, 0.1) is 0 Å². The van der Waals surface area contributed by atoms with Crippen LogP contribution in [0.5, 0.6) is 0 Å². The van der Waals surface area contributed by atoms with Crippen LogP contribution >= 0.6 is 43.2 Å². The molecule has 0 bridgehead atoms. The number of carbonyl (C=O) groups is 1. The molecule has 2 rings (SSSR count). The molecule has 8 heteroatoms. The molecule has 20 heavy (non-hydrogen) atoms. The van der Waals surface area contributed by atoms with Gasteiger partial charge in [0, 0.05) is 23.0 Å². The van der Waals surface area contributed by atoms with Crippen LogP contribution in [-0.4, -0.2) is 25.0 Å². The fraction of sp³-hybridized carbons (Fsp3) is 0.167. The fourth-order valence-corrected chi connectivity index (χ4v) is 3.46. The summed E-state index contributed by atoms with van der Waals surface area (Å²) in [7, 11) is 3.70. The number of anilines is 3. The number of amides is 1. The van der Waals surface area contributed by atoms with E-state index in [4.69, 9.17) is 5.73 Å². The summed E-state index contributed by atoms with van der Waals surface area (Å²) < 4.78 is 1.58. The van der Waals surface area contributed by atoms with Crippen LogP contribution in [0.1, 0.15) is 9.67 Å². The summed E-state index contributed by atoms with van der Waals surface area (Å²) in [5.74, 6) is -0.0416. The molecule has 3 N–H and O–H groups in total. The first kappa shape index (κ1) is 15.3. The summed E-state index contributed by atoms with van der Waals surface area (Å²) in [5, 5.41) is 3.52. The number of thiazole rings is 1. The SMILES string of the molecule is CN(C)c1nc(N)c(C(=O)Nc2c(Br)cccc2Br)s1. The largest absolute Gasteiger partial charge is 0.382 e. The van der Waals surface area contributed by atoms with E-state index in [-0.39, 0.29) is 11.7 Å². The Labute approximate surface area is 137 Å². The third kappa shape index (κ3) is 3.13. The first-order valence-corrected chi connectivity index (χ1v) is 7.99. The number of nitrogen functional groups attached to an aromatic ring is 1. The zero-order chi connectivity index (χ0) is 14.9. The minimum absolute atomic E-state index is 0.236. The minimum atomic E-state index is -0.277. The second-order valence-corrected chi connectivity index (χ2v) is 6.84. The van der Waals surface area contributed by atoms with Crippen molar-refractivity contribution in [2.24, 2.45) is 0 Å². The van der Waals surface area contributed by atoms with E-state index in [0.29, 0.717) is 15.7 Å². The highest BCUT2D eigenvalue weighted by Gasteiger charge is 2.18. The van der Waals surface area contributed by atoms with Crippen molar-refractivity contribution in [3.63, 3.8) is 0 Å². The zero-order valence-electron chi connectivity index (χ0n) is 10.8. The van der Waals surface area contributed by atoms with Crippen molar-refractivity contribution in [1.82, 2.24) is 4.98 Å². The summed E-state index contributed by atoms with van der Waals surface area (Å²) in [6, 6.07) is 5.57. The number of nitrogens with two attached hydrogens (primary N) is 1. The van der Waals surface area contributed by atoms with Crippen LogP contribution in [0.4, 0.5) is 16.6 Å². The maximum atomic E-state index is 12.3. The molecule has 0 fully saturated rings. The lowest BCUT2D eigenvalue weighted by molar-refractivity contribution is 0.103. The molecule has 0 atom stereocenters. The minimum Gasteiger partial charge on any atom is -0.382 e. The van der Waals surface area contributed by atoms with E-state index in [1.54, 1.807) is 0 Å². The van der Waals surface area contributed by atoms with Crippen molar-refractivity contribution in [3.05, 3.63) is 32.0 Å². The van der Waals surface area contributed by atoms with Crippen molar-refractivity contribution in [3.8, 4) is 0 Å². The Hall–Kier alpha value is -1.12. The summed E-state index contributed by atoms with van der Waals surface area (Å²) in [6.45, 7) is 0. The van der Waals surface area contributed by atoms with Crippen molar-refractivity contribution in [2.45, 2.75) is 0 Å². The van der Waals surface area contributed by atoms with Gasteiger partial charge < -0.3 is 16.0 Å². The van der Waals surface area contributed by atoms with Gasteiger partial charge in [-0.2, -0.15) is 0 Å². The van der Waals surface area contributed by atoms with Gasteiger partial charge in [-0.15, -0.1) is 0 Å². The number of rotatable bonds is 3. The monoisotopic (exact) mass is 418 g/mol. The number of aromatic nitrogens is 1. The number of carbonyl (C=O) groups excluding carboxylic acids is 1. The normalized spacial score (nSPS) is 10.4. The highest BCUT2D eigenvalue weighted by molar-refractivity contribution is 9.11. The van der Waals surface area contributed by atoms with Crippen LogP contribution in [-0.2, 0) is 0 Å². The number of hydrogen-bond acceptors (Lipinski definition) is 5. The van der Waals surface area contributed by atoms with Crippen molar-refractivity contribution < 1.29 is 4.79 Å². The summed E-state index contributed by atoms with van der Waals surface area (Å²) in [6.07, 6.45) is 0. The highest BCUT2D eigenvalue weighted by atomic mass is 79.9. The molecule has 0 aliphatic carbocycles. The van der Waals surface area contributed by atoms with Gasteiger partial charge in [-0.1, -0.05) is 17.4 Å². The Balaban J connectivity index is 2.29. The van der Waals surface area contributed by atoms with Crippen LogP contribution in [0.2, 0.25) is 0 Å². The topological polar surface area (TPSA) is 71.2 Å². The summed E-state index contributed by atoms with van der Waals surface area (Å²) in [4.78, 5) is 18.7. The fourth-order valence-electron chi connectivity index (χ4n) is 1.46. The average molecular weight is 420 g/mol. The highest BCUT2D eigenvalue weighted by Crippen LogP contribution is 2.33. The van der Waals surface area contributed by atoms with Gasteiger partial charge in [-0.3, -0.25) is 4.79 Å². The van der Waals surface area contributed by atoms with E-state index >= 15 is 0 Å². The second kappa shape index (κ2) is 6.11. The molecular weight excluding hydrogens is 408 g/mol. The first-order valence-electron chi connectivity index (χ1n) is 5.59. The molecule has 0 aliphatic heterocycles. The maximum absolute atomic E-state index is 12.3. The predicted molar refractivity (Wildman–Crippen MR) is 90.6 cm³/mol. The molecule has 1 aromatic carbocycles. The van der Waals surface area contributed by atoms with Crippen LogP contribution < -0.4 is 16.0 Å². The quantitative estimate of drug-likeness (QED) is 0.797. The van der Waals surface area contributed by atoms with E-state index in [1.165, 1.54) is 11.3 Å². The molecule has 1 heterocycles. The van der Waals surface area contributed by atoms with Crippen molar-refractivity contribution in [2.75, 3.05) is 30.0 Å². The Bertz CT molecular complexity index is 637. The number of benzene rings is 1. The zero-order valence-corrected chi connectivity index (χ0v) is 14.8. The molecule has 0 saturated heterocycles. The number of halogens is 2. The van der Waals surface area contributed by atoms with Gasteiger partial charge in [-0.05, 0) is 44.0 Å². The maximum Gasteiger partial charge on any atom is 0.269 e.